The third-order valence-electron chi connectivity index (χ3n) is 2.14. The first-order valence-electron chi connectivity index (χ1n) is 4.45. The second-order valence-electron chi connectivity index (χ2n) is 3.16. The summed E-state index contributed by atoms with van der Waals surface area (Å²) in [5.74, 6) is -0.0129. The van der Waals surface area contributed by atoms with Crippen molar-refractivity contribution in [3.63, 3.8) is 0 Å². The molecular formula is C10H11NO3. The summed E-state index contributed by atoms with van der Waals surface area (Å²) in [4.78, 5) is 12.9. The van der Waals surface area contributed by atoms with Crippen LogP contribution in [0.5, 0.6) is 5.75 Å². The molecule has 0 aliphatic carbocycles. The van der Waals surface area contributed by atoms with Gasteiger partial charge in [0.05, 0.1) is 6.54 Å². The van der Waals surface area contributed by atoms with Crippen molar-refractivity contribution in [2.45, 2.75) is 0 Å². The molecular weight excluding hydrogens is 182 g/mol. The van der Waals surface area contributed by atoms with Gasteiger partial charge < -0.3 is 14.7 Å². The van der Waals surface area contributed by atoms with Crippen molar-refractivity contribution in [1.29, 1.82) is 0 Å². The Kier molecular flexibility index (Phi) is 2.26. The van der Waals surface area contributed by atoms with E-state index in [1.54, 1.807) is 18.2 Å². The summed E-state index contributed by atoms with van der Waals surface area (Å²) in [6, 6.07) is 6.85. The molecule has 0 aromatic heterocycles. The van der Waals surface area contributed by atoms with Crippen LogP contribution in [0.4, 0.5) is 5.69 Å². The van der Waals surface area contributed by atoms with Crippen molar-refractivity contribution in [3.05, 3.63) is 24.3 Å². The van der Waals surface area contributed by atoms with E-state index in [1.165, 1.54) is 0 Å². The summed E-state index contributed by atoms with van der Waals surface area (Å²) in [7, 11) is 0. The number of nitrogens with zero attached hydrogens (tertiary/aromatic N) is 1. The maximum atomic E-state index is 11.0. The molecule has 0 atom stereocenters. The van der Waals surface area contributed by atoms with Crippen LogP contribution < -0.4 is 4.90 Å². The molecule has 1 aliphatic rings. The first-order valence-corrected chi connectivity index (χ1v) is 4.45. The minimum Gasteiger partial charge on any atom is -0.508 e. The van der Waals surface area contributed by atoms with Crippen molar-refractivity contribution in [3.8, 4) is 5.75 Å². The summed E-state index contributed by atoms with van der Waals surface area (Å²) in [6.45, 7) is 1.34. The number of hydrogen-bond acceptors (Lipinski definition) is 4. The van der Waals surface area contributed by atoms with Gasteiger partial charge in [-0.1, -0.05) is 6.07 Å². The molecule has 0 radical (unpaired) electrons. The van der Waals surface area contributed by atoms with Gasteiger partial charge in [-0.2, -0.15) is 0 Å². The predicted molar refractivity (Wildman–Crippen MR) is 51.3 cm³/mol. The van der Waals surface area contributed by atoms with Gasteiger partial charge in [0, 0.05) is 11.8 Å². The van der Waals surface area contributed by atoms with Crippen LogP contribution in [0, 0.1) is 0 Å². The minimum atomic E-state index is -0.223. The largest absolute Gasteiger partial charge is 0.508 e. The third kappa shape index (κ3) is 1.79. The number of rotatable bonds is 1. The number of phenolic OH excluding ortho intramolecular Hbond substituents is 1. The number of phenols is 1. The van der Waals surface area contributed by atoms with E-state index in [2.05, 4.69) is 0 Å². The zero-order chi connectivity index (χ0) is 9.97. The molecule has 4 heteroatoms. The van der Waals surface area contributed by atoms with Crippen LogP contribution in [0.2, 0.25) is 0 Å². The number of benzene rings is 1. The molecule has 1 saturated heterocycles. The molecule has 1 N–H and O–H groups in total. The molecule has 0 bridgehead atoms. The molecule has 1 fully saturated rings. The van der Waals surface area contributed by atoms with Gasteiger partial charge in [-0.25, -0.2) is 0 Å². The highest BCUT2D eigenvalue weighted by atomic mass is 16.5. The smallest absolute Gasteiger partial charge is 0.325 e. The highest BCUT2D eigenvalue weighted by Gasteiger charge is 2.17. The van der Waals surface area contributed by atoms with E-state index in [-0.39, 0.29) is 18.3 Å². The fourth-order valence-corrected chi connectivity index (χ4v) is 1.46. The Balaban J connectivity index is 2.17. The molecule has 4 nitrogen and oxygen atoms in total. The Labute approximate surface area is 81.7 Å². The molecule has 0 amide bonds. The number of aromatic hydroxyl groups is 1. The Morgan fingerprint density at radius 2 is 2.29 bits per heavy atom. The number of morpholine rings is 1. The second kappa shape index (κ2) is 3.57. The van der Waals surface area contributed by atoms with Crippen LogP contribution in [0.1, 0.15) is 0 Å². The normalized spacial score (nSPS) is 16.6. The van der Waals surface area contributed by atoms with Gasteiger partial charge in [0.25, 0.3) is 0 Å². The lowest BCUT2D eigenvalue weighted by molar-refractivity contribution is -0.143. The Morgan fingerprint density at radius 1 is 1.43 bits per heavy atom. The monoisotopic (exact) mass is 193 g/mol. The van der Waals surface area contributed by atoms with E-state index < -0.39 is 0 Å². The van der Waals surface area contributed by atoms with Crippen molar-refractivity contribution >= 4 is 11.7 Å². The lowest BCUT2D eigenvalue weighted by Gasteiger charge is -2.27. The molecule has 0 spiro atoms. The fraction of sp³-hybridized carbons (Fsp3) is 0.300. The van der Waals surface area contributed by atoms with Crippen LogP contribution in [0.3, 0.4) is 0 Å². The van der Waals surface area contributed by atoms with E-state index in [0.717, 1.165) is 5.69 Å². The van der Waals surface area contributed by atoms with E-state index in [1.807, 2.05) is 11.0 Å². The maximum Gasteiger partial charge on any atom is 0.325 e. The Bertz CT molecular complexity index is 351. The molecule has 1 aliphatic heterocycles. The third-order valence-corrected chi connectivity index (χ3v) is 2.14. The van der Waals surface area contributed by atoms with Gasteiger partial charge >= 0.3 is 5.97 Å². The van der Waals surface area contributed by atoms with Gasteiger partial charge in [0.15, 0.2) is 0 Å². The number of cyclic esters (lactones) is 1. The van der Waals surface area contributed by atoms with Gasteiger partial charge in [-0.15, -0.1) is 0 Å². The molecule has 74 valence electrons. The van der Waals surface area contributed by atoms with Gasteiger partial charge in [0.1, 0.15) is 18.9 Å². The summed E-state index contributed by atoms with van der Waals surface area (Å²) in [5.41, 5.74) is 0.849. The highest BCUT2D eigenvalue weighted by Crippen LogP contribution is 2.20. The molecule has 1 aromatic carbocycles. The maximum absolute atomic E-state index is 11.0. The van der Waals surface area contributed by atoms with E-state index >= 15 is 0 Å². The Morgan fingerprint density at radius 3 is 3.00 bits per heavy atom. The molecule has 1 heterocycles. The summed E-state index contributed by atoms with van der Waals surface area (Å²) >= 11 is 0. The Hall–Kier alpha value is -1.71. The van der Waals surface area contributed by atoms with Crippen LogP contribution in [0.15, 0.2) is 24.3 Å². The van der Waals surface area contributed by atoms with Gasteiger partial charge in [-0.05, 0) is 12.1 Å². The van der Waals surface area contributed by atoms with Crippen LogP contribution >= 0.6 is 0 Å². The quantitative estimate of drug-likeness (QED) is 0.669. The van der Waals surface area contributed by atoms with E-state index in [4.69, 9.17) is 4.74 Å². The first-order chi connectivity index (χ1) is 6.75. The van der Waals surface area contributed by atoms with E-state index in [9.17, 15) is 9.90 Å². The highest BCUT2D eigenvalue weighted by molar-refractivity contribution is 5.77. The van der Waals surface area contributed by atoms with Crippen molar-refractivity contribution in [2.24, 2.45) is 0 Å². The zero-order valence-electron chi connectivity index (χ0n) is 7.64. The number of ether oxygens (including phenoxy) is 1. The van der Waals surface area contributed by atoms with Gasteiger partial charge in [0.2, 0.25) is 0 Å². The van der Waals surface area contributed by atoms with Gasteiger partial charge in [-0.3, -0.25) is 4.79 Å². The fourth-order valence-electron chi connectivity index (χ4n) is 1.46. The first kappa shape index (κ1) is 8.87. The number of hydrogen-bond donors (Lipinski definition) is 1. The number of carbonyl (C=O) groups excluding carboxylic acids is 1. The predicted octanol–water partition coefficient (Wildman–Crippen LogP) is 0.755. The standard InChI is InChI=1S/C10H11NO3/c12-9-3-1-2-8(6-9)11-4-5-14-10(13)7-11/h1-3,6,12H,4-5,7H2. The van der Waals surface area contributed by atoms with Crippen LogP contribution in [0.25, 0.3) is 0 Å². The van der Waals surface area contributed by atoms with Crippen molar-refractivity contribution < 1.29 is 14.6 Å². The number of anilines is 1. The second-order valence-corrected chi connectivity index (χ2v) is 3.16. The molecule has 14 heavy (non-hydrogen) atoms. The van der Waals surface area contributed by atoms with E-state index in [0.29, 0.717) is 13.2 Å². The summed E-state index contributed by atoms with van der Waals surface area (Å²) < 4.78 is 4.82. The molecule has 1 aromatic rings. The lowest BCUT2D eigenvalue weighted by Crippen LogP contribution is -2.39. The zero-order valence-corrected chi connectivity index (χ0v) is 7.64. The average Bonchev–Trinajstić information content (AvgIpc) is 2.18. The number of carbonyl (C=O) groups is 1. The summed E-state index contributed by atoms with van der Waals surface area (Å²) in [5, 5.41) is 9.27. The lowest BCUT2D eigenvalue weighted by atomic mass is 10.2. The summed E-state index contributed by atoms with van der Waals surface area (Å²) in [6.07, 6.45) is 0. The number of esters is 1. The molecule has 0 saturated carbocycles. The van der Waals surface area contributed by atoms with Crippen molar-refractivity contribution in [2.75, 3.05) is 24.6 Å². The topological polar surface area (TPSA) is 49.8 Å². The van der Waals surface area contributed by atoms with Crippen LogP contribution in [-0.2, 0) is 9.53 Å². The van der Waals surface area contributed by atoms with Crippen molar-refractivity contribution in [1.82, 2.24) is 0 Å². The average molecular weight is 193 g/mol. The molecule has 0 unspecified atom stereocenters. The van der Waals surface area contributed by atoms with Crippen LogP contribution in [-0.4, -0.2) is 30.8 Å². The SMILES string of the molecule is O=C1CN(c2cccc(O)c2)CCO1. The molecule has 2 rings (SSSR count). The minimum absolute atomic E-state index is 0.210.